The van der Waals surface area contributed by atoms with E-state index in [-0.39, 0.29) is 29.7 Å². The van der Waals surface area contributed by atoms with Gasteiger partial charge in [-0.2, -0.15) is 4.31 Å². The molecular formula is C33H41N3O5S. The molecule has 3 aromatic rings. The van der Waals surface area contributed by atoms with Crippen molar-refractivity contribution in [3.8, 4) is 0 Å². The fourth-order valence-corrected chi connectivity index (χ4v) is 6.66. The van der Waals surface area contributed by atoms with Crippen LogP contribution in [0.4, 0.5) is 0 Å². The summed E-state index contributed by atoms with van der Waals surface area (Å²) in [5.41, 5.74) is 2.52. The van der Waals surface area contributed by atoms with Crippen LogP contribution in [-0.4, -0.2) is 62.3 Å². The van der Waals surface area contributed by atoms with Crippen LogP contribution in [0.2, 0.25) is 0 Å². The summed E-state index contributed by atoms with van der Waals surface area (Å²) in [7, 11) is -3.49. The predicted molar refractivity (Wildman–Crippen MR) is 163 cm³/mol. The molecule has 4 rings (SSSR count). The lowest BCUT2D eigenvalue weighted by atomic mass is 10.0. The number of rotatable bonds is 15. The molecule has 0 bridgehead atoms. The van der Waals surface area contributed by atoms with Crippen molar-refractivity contribution in [2.45, 2.75) is 56.5 Å². The largest absolute Gasteiger partial charge is 0.382 e. The Morgan fingerprint density at radius 3 is 2.19 bits per heavy atom. The van der Waals surface area contributed by atoms with E-state index in [4.69, 9.17) is 4.74 Å². The van der Waals surface area contributed by atoms with Crippen LogP contribution in [0.15, 0.2) is 89.8 Å². The fraction of sp³-hybridized carbons (Fsp3) is 0.394. The van der Waals surface area contributed by atoms with Crippen LogP contribution in [0.1, 0.15) is 55.3 Å². The van der Waals surface area contributed by atoms with Crippen molar-refractivity contribution in [3.05, 3.63) is 102 Å². The lowest BCUT2D eigenvalue weighted by Gasteiger charge is -2.32. The number of hydrogen-bond acceptors (Lipinski definition) is 5. The molecule has 0 saturated carbocycles. The van der Waals surface area contributed by atoms with Crippen molar-refractivity contribution in [2.24, 2.45) is 0 Å². The predicted octanol–water partition coefficient (Wildman–Crippen LogP) is 4.72. The SMILES string of the molecule is CCOCCCNC(=O)[C@H](c1ccccc1)N(Cc1ccccc1)C(=O)CCc1ccc(S(=O)(=O)N2CCCC2)cc1. The van der Waals surface area contributed by atoms with E-state index in [1.54, 1.807) is 29.2 Å². The van der Waals surface area contributed by atoms with Crippen LogP contribution in [0.5, 0.6) is 0 Å². The number of carbonyl (C=O) groups excluding carboxylic acids is 2. The maximum atomic E-state index is 13.9. The first-order chi connectivity index (χ1) is 20.4. The van der Waals surface area contributed by atoms with Gasteiger partial charge < -0.3 is 15.0 Å². The van der Waals surface area contributed by atoms with Crippen molar-refractivity contribution < 1.29 is 22.7 Å². The Morgan fingerprint density at radius 1 is 0.905 bits per heavy atom. The molecule has 9 heteroatoms. The van der Waals surface area contributed by atoms with Crippen molar-refractivity contribution in [2.75, 3.05) is 32.8 Å². The van der Waals surface area contributed by atoms with Gasteiger partial charge in [0.2, 0.25) is 21.8 Å². The number of aryl methyl sites for hydroxylation is 1. The van der Waals surface area contributed by atoms with Gasteiger partial charge in [-0.15, -0.1) is 0 Å². The van der Waals surface area contributed by atoms with Crippen molar-refractivity contribution in [3.63, 3.8) is 0 Å². The zero-order valence-corrected chi connectivity index (χ0v) is 25.1. The summed E-state index contributed by atoms with van der Waals surface area (Å²) in [6.07, 6.45) is 3.04. The normalized spacial score (nSPS) is 14.4. The molecule has 42 heavy (non-hydrogen) atoms. The van der Waals surface area contributed by atoms with Gasteiger partial charge in [-0.3, -0.25) is 9.59 Å². The third-order valence-corrected chi connectivity index (χ3v) is 9.33. The van der Waals surface area contributed by atoms with E-state index in [1.807, 2.05) is 67.6 Å². The van der Waals surface area contributed by atoms with Gasteiger partial charge in [-0.1, -0.05) is 72.8 Å². The molecule has 1 saturated heterocycles. The van der Waals surface area contributed by atoms with Gasteiger partial charge in [-0.05, 0) is 61.4 Å². The summed E-state index contributed by atoms with van der Waals surface area (Å²) < 4.78 is 32.7. The summed E-state index contributed by atoms with van der Waals surface area (Å²) in [6.45, 7) is 4.94. The molecule has 0 aromatic heterocycles. The van der Waals surface area contributed by atoms with Crippen LogP contribution in [-0.2, 0) is 37.3 Å². The molecule has 1 atom stereocenters. The van der Waals surface area contributed by atoms with Crippen molar-refractivity contribution in [1.29, 1.82) is 0 Å². The van der Waals surface area contributed by atoms with E-state index in [1.165, 1.54) is 4.31 Å². The van der Waals surface area contributed by atoms with Crippen LogP contribution < -0.4 is 5.32 Å². The monoisotopic (exact) mass is 591 g/mol. The molecule has 1 heterocycles. The number of nitrogens with zero attached hydrogens (tertiary/aromatic N) is 2. The average Bonchev–Trinajstić information content (AvgIpc) is 3.57. The number of amides is 2. The van der Waals surface area contributed by atoms with E-state index < -0.39 is 16.1 Å². The Kier molecular flexibility index (Phi) is 11.7. The molecule has 1 aliphatic heterocycles. The third kappa shape index (κ3) is 8.50. The number of benzene rings is 3. The van der Waals surface area contributed by atoms with Crippen molar-refractivity contribution in [1.82, 2.24) is 14.5 Å². The lowest BCUT2D eigenvalue weighted by Crippen LogP contribution is -2.43. The smallest absolute Gasteiger partial charge is 0.247 e. The maximum Gasteiger partial charge on any atom is 0.247 e. The van der Waals surface area contributed by atoms with Gasteiger partial charge >= 0.3 is 0 Å². The van der Waals surface area contributed by atoms with Gasteiger partial charge in [0, 0.05) is 45.8 Å². The van der Waals surface area contributed by atoms with E-state index in [9.17, 15) is 18.0 Å². The Morgan fingerprint density at radius 2 is 1.55 bits per heavy atom. The number of nitrogens with one attached hydrogen (secondary N) is 1. The second kappa shape index (κ2) is 15.6. The standard InChI is InChI=1S/C33H41N3O5S/c1-2-41-25-11-22-34-33(38)32(29-14-7-4-8-15-29)36(26-28-12-5-3-6-13-28)31(37)21-18-27-16-19-30(20-17-27)42(39,40)35-23-9-10-24-35/h3-8,12-17,19-20,32H,2,9-11,18,21-26H2,1H3,(H,34,38)/t32-/m0/s1. The second-order valence-corrected chi connectivity index (χ2v) is 12.4. The van der Waals surface area contributed by atoms with Crippen molar-refractivity contribution >= 4 is 21.8 Å². The molecule has 3 aromatic carbocycles. The second-order valence-electron chi connectivity index (χ2n) is 10.4. The lowest BCUT2D eigenvalue weighted by molar-refractivity contribution is -0.141. The Balaban J connectivity index is 1.52. The highest BCUT2D eigenvalue weighted by molar-refractivity contribution is 7.89. The fourth-order valence-electron chi connectivity index (χ4n) is 5.14. The summed E-state index contributed by atoms with van der Waals surface area (Å²) in [4.78, 5) is 29.4. The highest BCUT2D eigenvalue weighted by atomic mass is 32.2. The van der Waals surface area contributed by atoms with E-state index in [0.717, 1.165) is 29.5 Å². The Bertz CT molecular complexity index is 1380. The maximum absolute atomic E-state index is 13.9. The molecule has 0 aliphatic carbocycles. The molecule has 0 spiro atoms. The first-order valence-electron chi connectivity index (χ1n) is 14.7. The Labute approximate surface area is 249 Å². The molecule has 1 aliphatic rings. The Hall–Kier alpha value is -3.53. The minimum absolute atomic E-state index is 0.161. The quantitative estimate of drug-likeness (QED) is 0.258. The molecular weight excluding hydrogens is 550 g/mol. The first kappa shape index (κ1) is 31.4. The minimum Gasteiger partial charge on any atom is -0.382 e. The number of carbonyl (C=O) groups is 2. The first-order valence-corrected chi connectivity index (χ1v) is 16.2. The van der Waals surface area contributed by atoms with Crippen LogP contribution in [0.25, 0.3) is 0 Å². The number of ether oxygens (including phenoxy) is 1. The summed E-state index contributed by atoms with van der Waals surface area (Å²) >= 11 is 0. The topological polar surface area (TPSA) is 96.0 Å². The van der Waals surface area contributed by atoms with Crippen LogP contribution in [0, 0.1) is 0 Å². The zero-order chi connectivity index (χ0) is 29.8. The van der Waals surface area contributed by atoms with Gasteiger partial charge in [0.25, 0.3) is 0 Å². The zero-order valence-electron chi connectivity index (χ0n) is 24.3. The third-order valence-electron chi connectivity index (χ3n) is 7.41. The highest BCUT2D eigenvalue weighted by Crippen LogP contribution is 2.26. The molecule has 0 unspecified atom stereocenters. The molecule has 0 radical (unpaired) electrons. The molecule has 1 N–H and O–H groups in total. The van der Waals surface area contributed by atoms with E-state index in [0.29, 0.717) is 45.7 Å². The number of hydrogen-bond donors (Lipinski definition) is 1. The van der Waals surface area contributed by atoms with Gasteiger partial charge in [0.05, 0.1) is 4.90 Å². The minimum atomic E-state index is -3.49. The molecule has 2 amide bonds. The van der Waals surface area contributed by atoms with E-state index in [2.05, 4.69) is 5.32 Å². The molecule has 1 fully saturated rings. The van der Waals surface area contributed by atoms with Gasteiger partial charge in [0.1, 0.15) is 6.04 Å². The summed E-state index contributed by atoms with van der Waals surface area (Å²) in [6, 6.07) is 25.0. The summed E-state index contributed by atoms with van der Waals surface area (Å²) in [5.74, 6) is -0.399. The van der Waals surface area contributed by atoms with E-state index >= 15 is 0 Å². The highest BCUT2D eigenvalue weighted by Gasteiger charge is 2.31. The van der Waals surface area contributed by atoms with Gasteiger partial charge in [-0.25, -0.2) is 8.42 Å². The number of sulfonamides is 1. The molecule has 8 nitrogen and oxygen atoms in total. The average molecular weight is 592 g/mol. The molecule has 224 valence electrons. The summed E-state index contributed by atoms with van der Waals surface area (Å²) in [5, 5.41) is 3.00. The van der Waals surface area contributed by atoms with Crippen LogP contribution >= 0.6 is 0 Å². The van der Waals surface area contributed by atoms with Crippen LogP contribution in [0.3, 0.4) is 0 Å². The van der Waals surface area contributed by atoms with Gasteiger partial charge in [0.15, 0.2) is 0 Å².